The minimum absolute atomic E-state index is 0.00427. The molecule has 0 radical (unpaired) electrons. The first kappa shape index (κ1) is 16.4. The number of alkyl halides is 9. The third kappa shape index (κ3) is 2.24. The molecule has 0 unspecified atom stereocenters. The zero-order valence-electron chi connectivity index (χ0n) is 9.16. The molecule has 1 aromatic rings. The van der Waals surface area contributed by atoms with Gasteiger partial charge in [0.2, 0.25) is 0 Å². The largest absolute Gasteiger partial charge is 0.460 e. The van der Waals surface area contributed by atoms with Gasteiger partial charge in [-0.2, -0.15) is 39.5 Å². The summed E-state index contributed by atoms with van der Waals surface area (Å²) in [7, 11) is 0. The van der Waals surface area contributed by atoms with E-state index in [0.29, 0.717) is 6.07 Å². The molecule has 114 valence electrons. The SMILES string of the molecule is Nc1ccc(C(F)(F)C(F)(F)C(F)(F)C(F)(F)F)cn1. The molecule has 0 aliphatic carbocycles. The molecule has 11 heteroatoms. The van der Waals surface area contributed by atoms with Crippen molar-refractivity contribution >= 4 is 5.82 Å². The number of hydrogen-bond donors (Lipinski definition) is 1. The first-order valence-electron chi connectivity index (χ1n) is 4.67. The molecule has 0 fully saturated rings. The molecule has 0 aliphatic rings. The molecular formula is C9H5F9N2. The predicted octanol–water partition coefficient (Wildman–Crippen LogP) is 3.59. The Morgan fingerprint density at radius 1 is 0.800 bits per heavy atom. The Balaban J connectivity index is 3.35. The van der Waals surface area contributed by atoms with Crippen LogP contribution in [-0.2, 0) is 5.92 Å². The molecule has 20 heavy (non-hydrogen) atoms. The maximum absolute atomic E-state index is 13.3. The number of aromatic nitrogens is 1. The molecule has 0 saturated heterocycles. The van der Waals surface area contributed by atoms with Gasteiger partial charge in [0.1, 0.15) is 5.82 Å². The molecule has 0 aromatic carbocycles. The van der Waals surface area contributed by atoms with E-state index in [2.05, 4.69) is 4.98 Å². The molecule has 2 N–H and O–H groups in total. The standard InChI is InChI=1S/C9H5F9N2/c10-6(11,4-1-2-5(19)20-3-4)7(12,13)8(14,15)9(16,17)18/h1-3H,(H2,19,20). The molecule has 0 aliphatic heterocycles. The van der Waals surface area contributed by atoms with Gasteiger partial charge in [-0.15, -0.1) is 0 Å². The number of nitrogens with two attached hydrogens (primary N) is 1. The number of pyridine rings is 1. The second kappa shape index (κ2) is 4.42. The van der Waals surface area contributed by atoms with Gasteiger partial charge in [0.05, 0.1) is 0 Å². The minimum atomic E-state index is -6.93. The number of anilines is 1. The zero-order chi connectivity index (χ0) is 16.0. The third-order valence-electron chi connectivity index (χ3n) is 2.29. The monoisotopic (exact) mass is 312 g/mol. The smallest absolute Gasteiger partial charge is 0.384 e. The number of hydrogen-bond acceptors (Lipinski definition) is 2. The quantitative estimate of drug-likeness (QED) is 0.866. The first-order chi connectivity index (χ1) is 8.75. The molecule has 0 spiro atoms. The van der Waals surface area contributed by atoms with Gasteiger partial charge in [-0.3, -0.25) is 0 Å². The maximum atomic E-state index is 13.3. The van der Waals surface area contributed by atoms with Crippen LogP contribution in [-0.4, -0.2) is 23.0 Å². The molecule has 1 heterocycles. The molecule has 0 amide bonds. The summed E-state index contributed by atoms with van der Waals surface area (Å²) in [4.78, 5) is 2.94. The fourth-order valence-electron chi connectivity index (χ4n) is 1.15. The number of nitrogens with zero attached hydrogens (tertiary/aromatic N) is 1. The fourth-order valence-corrected chi connectivity index (χ4v) is 1.15. The van der Waals surface area contributed by atoms with Gasteiger partial charge in [0.25, 0.3) is 0 Å². The summed E-state index contributed by atoms with van der Waals surface area (Å²) in [6, 6.07) is 0.744. The van der Waals surface area contributed by atoms with Gasteiger partial charge in [0, 0.05) is 11.8 Å². The summed E-state index contributed by atoms with van der Waals surface area (Å²) in [5, 5.41) is 0. The van der Waals surface area contributed by atoms with Gasteiger partial charge in [-0.05, 0) is 12.1 Å². The van der Waals surface area contributed by atoms with E-state index in [-0.39, 0.29) is 12.3 Å². The maximum Gasteiger partial charge on any atom is 0.460 e. The highest BCUT2D eigenvalue weighted by Crippen LogP contribution is 2.56. The lowest BCUT2D eigenvalue weighted by Gasteiger charge is -2.33. The van der Waals surface area contributed by atoms with Gasteiger partial charge in [0.15, 0.2) is 0 Å². The van der Waals surface area contributed by atoms with Gasteiger partial charge in [-0.25, -0.2) is 4.98 Å². The summed E-state index contributed by atoms with van der Waals surface area (Å²) >= 11 is 0. The highest BCUT2D eigenvalue weighted by molar-refractivity contribution is 5.32. The van der Waals surface area contributed by atoms with Crippen LogP contribution in [0.4, 0.5) is 45.3 Å². The van der Waals surface area contributed by atoms with Crippen LogP contribution in [0.5, 0.6) is 0 Å². The van der Waals surface area contributed by atoms with Crippen LogP contribution in [0.3, 0.4) is 0 Å². The summed E-state index contributed by atoms with van der Waals surface area (Å²) in [6.07, 6.45) is -6.85. The highest BCUT2D eigenvalue weighted by atomic mass is 19.4. The van der Waals surface area contributed by atoms with Crippen LogP contribution in [0.15, 0.2) is 18.3 Å². The van der Waals surface area contributed by atoms with Crippen molar-refractivity contribution in [2.24, 2.45) is 0 Å². The van der Waals surface area contributed by atoms with Crippen molar-refractivity contribution in [1.29, 1.82) is 0 Å². The highest BCUT2D eigenvalue weighted by Gasteiger charge is 2.82. The van der Waals surface area contributed by atoms with E-state index >= 15 is 0 Å². The van der Waals surface area contributed by atoms with E-state index in [1.165, 1.54) is 0 Å². The van der Waals surface area contributed by atoms with Crippen LogP contribution in [0.2, 0.25) is 0 Å². The van der Waals surface area contributed by atoms with E-state index in [4.69, 9.17) is 5.73 Å². The van der Waals surface area contributed by atoms with Crippen molar-refractivity contribution in [3.05, 3.63) is 23.9 Å². The lowest BCUT2D eigenvalue weighted by atomic mass is 9.98. The van der Waals surface area contributed by atoms with Gasteiger partial charge >= 0.3 is 23.9 Å². The average Bonchev–Trinajstić information content (AvgIpc) is 2.27. The second-order valence-corrected chi connectivity index (χ2v) is 3.69. The van der Waals surface area contributed by atoms with E-state index in [9.17, 15) is 39.5 Å². The van der Waals surface area contributed by atoms with Crippen molar-refractivity contribution in [2.75, 3.05) is 5.73 Å². The van der Waals surface area contributed by atoms with Crippen LogP contribution < -0.4 is 5.73 Å². The van der Waals surface area contributed by atoms with Crippen molar-refractivity contribution in [2.45, 2.75) is 23.9 Å². The number of nitrogen functional groups attached to an aromatic ring is 1. The van der Waals surface area contributed by atoms with Crippen LogP contribution >= 0.6 is 0 Å². The Hall–Kier alpha value is -1.68. The van der Waals surface area contributed by atoms with E-state index in [1.807, 2.05) is 0 Å². The van der Waals surface area contributed by atoms with Gasteiger partial charge < -0.3 is 5.73 Å². The predicted molar refractivity (Wildman–Crippen MR) is 48.5 cm³/mol. The molecular weight excluding hydrogens is 307 g/mol. The average molecular weight is 312 g/mol. The Bertz CT molecular complexity index is 477. The molecule has 0 bridgehead atoms. The number of rotatable bonds is 3. The summed E-state index contributed by atoms with van der Waals surface area (Å²) in [5.74, 6) is -19.8. The summed E-state index contributed by atoms with van der Waals surface area (Å²) < 4.78 is 113. The molecule has 2 nitrogen and oxygen atoms in total. The first-order valence-corrected chi connectivity index (χ1v) is 4.67. The zero-order valence-corrected chi connectivity index (χ0v) is 9.16. The molecule has 1 rings (SSSR count). The van der Waals surface area contributed by atoms with Crippen molar-refractivity contribution < 1.29 is 39.5 Å². The second-order valence-electron chi connectivity index (χ2n) is 3.69. The molecule has 0 saturated carbocycles. The Kier molecular flexibility index (Phi) is 3.62. The Morgan fingerprint density at radius 2 is 1.30 bits per heavy atom. The Morgan fingerprint density at radius 3 is 1.65 bits per heavy atom. The van der Waals surface area contributed by atoms with E-state index in [0.717, 1.165) is 0 Å². The normalized spacial score (nSPS) is 14.4. The lowest BCUT2D eigenvalue weighted by Crippen LogP contribution is -2.59. The molecule has 0 atom stereocenters. The van der Waals surface area contributed by atoms with Crippen molar-refractivity contribution in [3.63, 3.8) is 0 Å². The third-order valence-corrected chi connectivity index (χ3v) is 2.29. The van der Waals surface area contributed by atoms with E-state index < -0.39 is 35.3 Å². The summed E-state index contributed by atoms with van der Waals surface area (Å²) in [5.41, 5.74) is 3.14. The van der Waals surface area contributed by atoms with E-state index in [1.54, 1.807) is 0 Å². The van der Waals surface area contributed by atoms with Crippen LogP contribution in [0, 0.1) is 0 Å². The topological polar surface area (TPSA) is 38.9 Å². The molecule has 1 aromatic heterocycles. The van der Waals surface area contributed by atoms with Crippen molar-refractivity contribution in [3.8, 4) is 0 Å². The van der Waals surface area contributed by atoms with Crippen molar-refractivity contribution in [1.82, 2.24) is 4.98 Å². The van der Waals surface area contributed by atoms with Gasteiger partial charge in [-0.1, -0.05) is 0 Å². The Labute approximate surface area is 105 Å². The summed E-state index contributed by atoms with van der Waals surface area (Å²) in [6.45, 7) is 0. The minimum Gasteiger partial charge on any atom is -0.384 e. The number of halogens is 9. The van der Waals surface area contributed by atoms with Crippen LogP contribution in [0.25, 0.3) is 0 Å². The van der Waals surface area contributed by atoms with Crippen LogP contribution in [0.1, 0.15) is 5.56 Å². The lowest BCUT2D eigenvalue weighted by molar-refractivity contribution is -0.399. The fraction of sp³-hybridized carbons (Fsp3) is 0.444.